The molecule has 0 aromatic heterocycles. The monoisotopic (exact) mass is 296 g/mol. The van der Waals surface area contributed by atoms with Crippen LogP contribution >= 0.6 is 0 Å². The lowest BCUT2D eigenvalue weighted by molar-refractivity contribution is 0.0542. The summed E-state index contributed by atoms with van der Waals surface area (Å²) in [6.07, 6.45) is 0. The molecule has 110 valence electrons. The van der Waals surface area contributed by atoms with Crippen LogP contribution in [-0.2, 0) is 9.47 Å². The molecule has 1 aromatic rings. The van der Waals surface area contributed by atoms with Crippen molar-refractivity contribution in [1.82, 2.24) is 0 Å². The van der Waals surface area contributed by atoms with Crippen LogP contribution in [0.1, 0.15) is 20.7 Å². The third kappa shape index (κ3) is 4.95. The van der Waals surface area contributed by atoms with E-state index in [0.717, 1.165) is 0 Å². The van der Waals surface area contributed by atoms with E-state index in [1.807, 2.05) is 0 Å². The first-order valence-electron chi connectivity index (χ1n) is 6.08. The molecule has 0 N–H and O–H groups in total. The molecule has 6 heteroatoms. The molecule has 0 aliphatic rings. The van der Waals surface area contributed by atoms with Crippen molar-refractivity contribution in [1.29, 1.82) is 10.5 Å². The minimum absolute atomic E-state index is 0.110. The van der Waals surface area contributed by atoms with Crippen LogP contribution in [0.2, 0.25) is 0 Å². The second kappa shape index (κ2) is 8.03. The van der Waals surface area contributed by atoms with Gasteiger partial charge in [0.2, 0.25) is 0 Å². The van der Waals surface area contributed by atoms with Crippen LogP contribution in [0, 0.1) is 22.7 Å². The van der Waals surface area contributed by atoms with Gasteiger partial charge in [-0.2, -0.15) is 10.5 Å². The van der Waals surface area contributed by atoms with Gasteiger partial charge in [-0.3, -0.25) is 0 Å². The van der Waals surface area contributed by atoms with Crippen molar-refractivity contribution in [3.63, 3.8) is 0 Å². The summed E-state index contributed by atoms with van der Waals surface area (Å²) >= 11 is 0. The van der Waals surface area contributed by atoms with Crippen molar-refractivity contribution in [3.05, 3.63) is 59.7 Å². The third-order valence-electron chi connectivity index (χ3n) is 2.41. The van der Waals surface area contributed by atoms with Gasteiger partial charge in [-0.15, -0.1) is 0 Å². The molecule has 0 aliphatic heterocycles. The van der Waals surface area contributed by atoms with E-state index in [0.29, 0.717) is 0 Å². The average Bonchev–Trinajstić information content (AvgIpc) is 2.56. The van der Waals surface area contributed by atoms with Gasteiger partial charge in [-0.25, -0.2) is 9.59 Å². The highest BCUT2D eigenvalue weighted by molar-refractivity contribution is 5.95. The minimum atomic E-state index is -0.688. The summed E-state index contributed by atoms with van der Waals surface area (Å²) < 4.78 is 9.72. The van der Waals surface area contributed by atoms with Gasteiger partial charge in [0.1, 0.15) is 13.2 Å². The Balaban J connectivity index is 2.73. The molecule has 6 nitrogen and oxygen atoms in total. The first-order valence-corrected chi connectivity index (χ1v) is 6.08. The number of benzene rings is 1. The summed E-state index contributed by atoms with van der Waals surface area (Å²) in [5, 5.41) is 17.1. The van der Waals surface area contributed by atoms with Crippen LogP contribution in [-0.4, -0.2) is 25.2 Å². The maximum absolute atomic E-state index is 11.8. The predicted octanol–water partition coefficient (Wildman–Crippen LogP) is 2.16. The number of hydrogen-bond donors (Lipinski definition) is 0. The number of carbonyl (C=O) groups excluding carboxylic acids is 2. The lowest BCUT2D eigenvalue weighted by Crippen LogP contribution is -2.11. The lowest BCUT2D eigenvalue weighted by Gasteiger charge is -2.06. The Labute approximate surface area is 127 Å². The van der Waals surface area contributed by atoms with E-state index in [2.05, 4.69) is 13.2 Å². The number of hydrogen-bond acceptors (Lipinski definition) is 6. The van der Waals surface area contributed by atoms with Crippen molar-refractivity contribution in [3.8, 4) is 12.1 Å². The van der Waals surface area contributed by atoms with Gasteiger partial charge in [0, 0.05) is 0 Å². The number of carbonyl (C=O) groups is 2. The molecule has 0 fully saturated rings. The first kappa shape index (κ1) is 16.7. The molecule has 0 bridgehead atoms. The zero-order valence-electron chi connectivity index (χ0n) is 11.7. The van der Waals surface area contributed by atoms with Crippen LogP contribution in [0.5, 0.6) is 0 Å². The Hall–Kier alpha value is -3.38. The van der Waals surface area contributed by atoms with E-state index in [9.17, 15) is 9.59 Å². The van der Waals surface area contributed by atoms with E-state index in [-0.39, 0.29) is 35.5 Å². The van der Waals surface area contributed by atoms with Crippen LogP contribution in [0.3, 0.4) is 0 Å². The van der Waals surface area contributed by atoms with Crippen LogP contribution < -0.4 is 0 Å². The largest absolute Gasteiger partial charge is 0.456 e. The number of nitriles is 2. The molecule has 0 spiro atoms. The van der Waals surface area contributed by atoms with Gasteiger partial charge in [-0.05, 0) is 18.2 Å². The first-order chi connectivity index (χ1) is 10.5. The molecule has 0 atom stereocenters. The van der Waals surface area contributed by atoms with E-state index in [4.69, 9.17) is 20.0 Å². The third-order valence-corrected chi connectivity index (χ3v) is 2.41. The van der Waals surface area contributed by atoms with Crippen molar-refractivity contribution in [2.45, 2.75) is 0 Å². The number of nitrogens with zero attached hydrogens (tertiary/aromatic N) is 2. The summed E-state index contributed by atoms with van der Waals surface area (Å²) in [5.74, 6) is -1.38. The highest BCUT2D eigenvalue weighted by Gasteiger charge is 2.13. The Morgan fingerprint density at radius 1 is 0.955 bits per heavy atom. The molecule has 0 saturated heterocycles. The van der Waals surface area contributed by atoms with Gasteiger partial charge in [0.05, 0.1) is 34.4 Å². The van der Waals surface area contributed by atoms with Gasteiger partial charge in [0.25, 0.3) is 0 Å². The van der Waals surface area contributed by atoms with Gasteiger partial charge in [0.15, 0.2) is 0 Å². The zero-order chi connectivity index (χ0) is 16.5. The predicted molar refractivity (Wildman–Crippen MR) is 76.5 cm³/mol. The van der Waals surface area contributed by atoms with E-state index < -0.39 is 11.9 Å². The van der Waals surface area contributed by atoms with Crippen LogP contribution in [0.15, 0.2) is 48.6 Å². The maximum Gasteiger partial charge on any atom is 0.338 e. The van der Waals surface area contributed by atoms with E-state index >= 15 is 0 Å². The van der Waals surface area contributed by atoms with Crippen molar-refractivity contribution < 1.29 is 19.1 Å². The Kier molecular flexibility index (Phi) is 6.09. The highest BCUT2D eigenvalue weighted by atomic mass is 16.5. The normalized spacial score (nSPS) is 9.00. The summed E-state index contributed by atoms with van der Waals surface area (Å²) in [7, 11) is 0. The quantitative estimate of drug-likeness (QED) is 0.589. The van der Waals surface area contributed by atoms with Crippen molar-refractivity contribution in [2.75, 3.05) is 13.2 Å². The van der Waals surface area contributed by atoms with Gasteiger partial charge >= 0.3 is 11.9 Å². The summed E-state index contributed by atoms with van der Waals surface area (Å²) in [6, 6.07) is 9.22. The van der Waals surface area contributed by atoms with Crippen LogP contribution in [0.25, 0.3) is 0 Å². The zero-order valence-corrected chi connectivity index (χ0v) is 11.7. The van der Waals surface area contributed by atoms with Gasteiger partial charge in [-0.1, -0.05) is 19.2 Å². The summed E-state index contributed by atoms with van der Waals surface area (Å²) in [4.78, 5) is 23.5. The fraction of sp³-hybridized carbons (Fsp3) is 0.125. The highest BCUT2D eigenvalue weighted by Crippen LogP contribution is 2.09. The Morgan fingerprint density at radius 2 is 1.36 bits per heavy atom. The molecule has 0 saturated carbocycles. The summed E-state index contributed by atoms with van der Waals surface area (Å²) in [6.45, 7) is 6.34. The molecular weight excluding hydrogens is 284 g/mol. The molecular formula is C16H12N2O4. The lowest BCUT2D eigenvalue weighted by atomic mass is 10.1. The fourth-order valence-electron chi connectivity index (χ4n) is 1.31. The second-order valence-corrected chi connectivity index (χ2v) is 4.16. The Bertz CT molecular complexity index is 650. The number of ether oxygens (including phenoxy) is 2. The molecule has 1 aromatic carbocycles. The van der Waals surface area contributed by atoms with Crippen molar-refractivity contribution in [2.24, 2.45) is 0 Å². The van der Waals surface area contributed by atoms with Crippen LogP contribution in [0.4, 0.5) is 0 Å². The average molecular weight is 296 g/mol. The molecule has 0 amide bonds. The smallest absolute Gasteiger partial charge is 0.338 e. The molecule has 0 radical (unpaired) electrons. The minimum Gasteiger partial charge on any atom is -0.456 e. The fourth-order valence-corrected chi connectivity index (χ4v) is 1.31. The maximum atomic E-state index is 11.8. The van der Waals surface area contributed by atoms with Gasteiger partial charge < -0.3 is 9.47 Å². The van der Waals surface area contributed by atoms with E-state index in [1.165, 1.54) is 24.3 Å². The molecule has 0 aliphatic carbocycles. The molecule has 0 heterocycles. The summed E-state index contributed by atoms with van der Waals surface area (Å²) in [5.41, 5.74) is 0.497. The number of esters is 2. The molecule has 0 unspecified atom stereocenters. The Morgan fingerprint density at radius 3 is 1.73 bits per heavy atom. The van der Waals surface area contributed by atoms with E-state index in [1.54, 1.807) is 12.1 Å². The second-order valence-electron chi connectivity index (χ2n) is 4.16. The number of rotatable bonds is 6. The van der Waals surface area contributed by atoms with Crippen molar-refractivity contribution >= 4 is 11.9 Å². The SMILES string of the molecule is C=C(C#N)COC(=O)c1cccc(C(=O)OCC(=C)C#N)c1. The standard InChI is InChI=1S/C16H12N2O4/c1-11(7-17)9-21-15(19)13-4-3-5-14(6-13)16(20)22-10-12(2)8-18/h3-6H,1-2,9-10H2. The molecule has 22 heavy (non-hydrogen) atoms. The topological polar surface area (TPSA) is 100 Å². The molecule has 1 rings (SSSR count).